The van der Waals surface area contributed by atoms with Gasteiger partial charge >= 0.3 is 0 Å². The van der Waals surface area contributed by atoms with Gasteiger partial charge in [0.1, 0.15) is 12.4 Å². The number of para-hydroxylation sites is 1. The SMILES string of the molecule is O=C1C(=Cc2ccccc2OCc2ccc(Cl)cc2Cl)SC(=NC2CCCCC2)N1C1CCCCC1. The highest BCUT2D eigenvalue weighted by Gasteiger charge is 2.39. The van der Waals surface area contributed by atoms with E-state index < -0.39 is 0 Å². The van der Waals surface area contributed by atoms with Crippen LogP contribution < -0.4 is 4.74 Å². The Bertz CT molecular complexity index is 1150. The first-order valence-corrected chi connectivity index (χ1v) is 14.6. The molecule has 2 saturated carbocycles. The standard InChI is InChI=1S/C29H32Cl2N2O2S/c30-22-16-15-21(25(31)18-22)19-35-26-14-8-7-9-20(26)17-27-28(34)33(24-12-5-2-6-13-24)29(36-27)32-23-10-3-1-4-11-23/h7-9,14-18,23-24H,1-6,10-13,19H2. The molecule has 5 rings (SSSR count). The summed E-state index contributed by atoms with van der Waals surface area (Å²) in [6.07, 6.45) is 13.7. The third-order valence-electron chi connectivity index (χ3n) is 7.25. The van der Waals surface area contributed by atoms with Crippen LogP contribution in [0, 0.1) is 0 Å². The fraction of sp³-hybridized carbons (Fsp3) is 0.448. The summed E-state index contributed by atoms with van der Waals surface area (Å²) < 4.78 is 6.14. The van der Waals surface area contributed by atoms with Gasteiger partial charge in [0.05, 0.1) is 10.9 Å². The molecule has 0 atom stereocenters. The molecule has 4 nitrogen and oxygen atoms in total. The summed E-state index contributed by atoms with van der Waals surface area (Å²) in [6.45, 7) is 0.319. The van der Waals surface area contributed by atoms with Gasteiger partial charge in [-0.25, -0.2) is 0 Å². The van der Waals surface area contributed by atoms with Gasteiger partial charge in [0.2, 0.25) is 0 Å². The molecule has 36 heavy (non-hydrogen) atoms. The summed E-state index contributed by atoms with van der Waals surface area (Å²) in [5.74, 6) is 0.795. The molecule has 190 valence electrons. The van der Waals surface area contributed by atoms with E-state index in [0.29, 0.717) is 28.4 Å². The van der Waals surface area contributed by atoms with Crippen LogP contribution in [-0.4, -0.2) is 28.1 Å². The Kier molecular flexibility index (Phi) is 8.61. The monoisotopic (exact) mass is 542 g/mol. The number of benzene rings is 2. The van der Waals surface area contributed by atoms with Crippen LogP contribution in [0.3, 0.4) is 0 Å². The lowest BCUT2D eigenvalue weighted by atomic mass is 9.94. The maximum Gasteiger partial charge on any atom is 0.267 e. The highest BCUT2D eigenvalue weighted by atomic mass is 35.5. The van der Waals surface area contributed by atoms with E-state index in [9.17, 15) is 4.79 Å². The van der Waals surface area contributed by atoms with E-state index in [2.05, 4.69) is 0 Å². The van der Waals surface area contributed by atoms with Crippen molar-refractivity contribution in [2.75, 3.05) is 0 Å². The van der Waals surface area contributed by atoms with Gasteiger partial charge in [-0.3, -0.25) is 14.7 Å². The number of thioether (sulfide) groups is 1. The molecule has 1 aliphatic heterocycles. The van der Waals surface area contributed by atoms with Gasteiger partial charge in [0.15, 0.2) is 5.17 Å². The second-order valence-corrected chi connectivity index (χ2v) is 11.7. The van der Waals surface area contributed by atoms with Crippen molar-refractivity contribution in [3.8, 4) is 5.75 Å². The van der Waals surface area contributed by atoms with E-state index in [4.69, 9.17) is 32.9 Å². The minimum atomic E-state index is 0.0806. The van der Waals surface area contributed by atoms with E-state index >= 15 is 0 Å². The van der Waals surface area contributed by atoms with E-state index in [1.54, 1.807) is 12.1 Å². The van der Waals surface area contributed by atoms with E-state index in [1.165, 1.54) is 50.3 Å². The van der Waals surface area contributed by atoms with Gasteiger partial charge in [0, 0.05) is 27.2 Å². The zero-order chi connectivity index (χ0) is 24.9. The van der Waals surface area contributed by atoms with Crippen LogP contribution in [0.5, 0.6) is 5.75 Å². The van der Waals surface area contributed by atoms with Gasteiger partial charge in [-0.15, -0.1) is 0 Å². The predicted octanol–water partition coefficient (Wildman–Crippen LogP) is 8.51. The summed E-state index contributed by atoms with van der Waals surface area (Å²) in [4.78, 5) is 21.6. The minimum absolute atomic E-state index is 0.0806. The van der Waals surface area contributed by atoms with E-state index in [0.717, 1.165) is 46.9 Å². The van der Waals surface area contributed by atoms with Crippen LogP contribution in [-0.2, 0) is 11.4 Å². The number of ether oxygens (including phenoxy) is 1. The van der Waals surface area contributed by atoms with Gasteiger partial charge in [-0.05, 0) is 61.7 Å². The highest BCUT2D eigenvalue weighted by Crippen LogP contribution is 2.39. The number of amides is 1. The van der Waals surface area contributed by atoms with Crippen molar-refractivity contribution in [3.05, 3.63) is 68.5 Å². The van der Waals surface area contributed by atoms with Crippen molar-refractivity contribution in [1.29, 1.82) is 0 Å². The Labute approximate surface area is 228 Å². The normalized spacial score (nSPS) is 22.1. The first kappa shape index (κ1) is 25.7. The van der Waals surface area contributed by atoms with Crippen LogP contribution in [0.25, 0.3) is 6.08 Å². The molecule has 7 heteroatoms. The zero-order valence-corrected chi connectivity index (χ0v) is 22.8. The average molecular weight is 544 g/mol. The largest absolute Gasteiger partial charge is 0.488 e. The Morgan fingerprint density at radius 2 is 1.69 bits per heavy atom. The second-order valence-electron chi connectivity index (χ2n) is 9.84. The summed E-state index contributed by atoms with van der Waals surface area (Å²) in [5, 5.41) is 2.07. The number of carbonyl (C=O) groups is 1. The number of amidine groups is 1. The van der Waals surface area contributed by atoms with Crippen molar-refractivity contribution in [1.82, 2.24) is 4.90 Å². The number of aliphatic imine (C=N–C) groups is 1. The maximum atomic E-state index is 13.7. The Morgan fingerprint density at radius 1 is 0.972 bits per heavy atom. The van der Waals surface area contributed by atoms with Crippen LogP contribution in [0.4, 0.5) is 0 Å². The predicted molar refractivity (Wildman–Crippen MR) is 151 cm³/mol. The Morgan fingerprint density at radius 3 is 2.44 bits per heavy atom. The van der Waals surface area contributed by atoms with Crippen LogP contribution in [0.1, 0.15) is 75.3 Å². The molecule has 2 aromatic carbocycles. The number of hydrogen-bond acceptors (Lipinski definition) is 4. The molecule has 0 radical (unpaired) electrons. The Hall–Kier alpha value is -1.95. The van der Waals surface area contributed by atoms with Gasteiger partial charge in [-0.2, -0.15) is 0 Å². The van der Waals surface area contributed by atoms with E-state index in [-0.39, 0.29) is 11.9 Å². The third kappa shape index (κ3) is 6.12. The van der Waals surface area contributed by atoms with Gasteiger partial charge < -0.3 is 4.74 Å². The van der Waals surface area contributed by atoms with Crippen molar-refractivity contribution >= 4 is 52.1 Å². The van der Waals surface area contributed by atoms with Gasteiger partial charge in [0.25, 0.3) is 5.91 Å². The summed E-state index contributed by atoms with van der Waals surface area (Å²) in [5.41, 5.74) is 1.74. The number of carbonyl (C=O) groups excluding carboxylic acids is 1. The molecule has 0 bridgehead atoms. The number of halogens is 2. The van der Waals surface area contributed by atoms with Crippen LogP contribution in [0.2, 0.25) is 10.0 Å². The smallest absolute Gasteiger partial charge is 0.267 e. The van der Waals surface area contributed by atoms with E-state index in [1.807, 2.05) is 41.3 Å². The molecular weight excluding hydrogens is 511 g/mol. The fourth-order valence-electron chi connectivity index (χ4n) is 5.27. The zero-order valence-electron chi connectivity index (χ0n) is 20.4. The molecule has 3 aliphatic rings. The maximum absolute atomic E-state index is 13.7. The fourth-order valence-corrected chi connectivity index (χ4v) is 6.83. The molecule has 0 aromatic heterocycles. The number of rotatable bonds is 6. The van der Waals surface area contributed by atoms with Crippen molar-refractivity contribution in [2.24, 2.45) is 4.99 Å². The number of hydrogen-bond donors (Lipinski definition) is 0. The lowest BCUT2D eigenvalue weighted by Crippen LogP contribution is -2.41. The lowest BCUT2D eigenvalue weighted by Gasteiger charge is -2.31. The molecule has 1 amide bonds. The first-order chi connectivity index (χ1) is 17.6. The molecule has 1 saturated heterocycles. The van der Waals surface area contributed by atoms with Gasteiger partial charge in [-0.1, -0.05) is 86.0 Å². The lowest BCUT2D eigenvalue weighted by molar-refractivity contribution is -0.124. The molecule has 2 aliphatic carbocycles. The first-order valence-electron chi connectivity index (χ1n) is 13.0. The van der Waals surface area contributed by atoms with Crippen molar-refractivity contribution in [3.63, 3.8) is 0 Å². The summed E-state index contributed by atoms with van der Waals surface area (Å²) >= 11 is 13.9. The van der Waals surface area contributed by atoms with Crippen LogP contribution in [0.15, 0.2) is 52.4 Å². The van der Waals surface area contributed by atoms with Crippen LogP contribution >= 0.6 is 35.0 Å². The second kappa shape index (κ2) is 12.1. The third-order valence-corrected chi connectivity index (χ3v) is 8.83. The molecule has 3 fully saturated rings. The molecule has 1 heterocycles. The summed E-state index contributed by atoms with van der Waals surface area (Å²) in [6, 6.07) is 13.8. The molecule has 0 N–H and O–H groups in total. The van der Waals surface area contributed by atoms with Crippen molar-refractivity contribution < 1.29 is 9.53 Å². The molecule has 2 aromatic rings. The highest BCUT2D eigenvalue weighted by molar-refractivity contribution is 8.18. The average Bonchev–Trinajstić information content (AvgIpc) is 3.19. The number of nitrogens with zero attached hydrogens (tertiary/aromatic N) is 2. The molecular formula is C29H32Cl2N2O2S. The van der Waals surface area contributed by atoms with Crippen molar-refractivity contribution in [2.45, 2.75) is 82.9 Å². The summed E-state index contributed by atoms with van der Waals surface area (Å²) in [7, 11) is 0. The molecule has 0 spiro atoms. The Balaban J connectivity index is 1.39. The quantitative estimate of drug-likeness (QED) is 0.343. The topological polar surface area (TPSA) is 41.9 Å². The minimum Gasteiger partial charge on any atom is -0.488 e. The molecule has 0 unspecified atom stereocenters.